The largest absolute Gasteiger partial charge is 0.342 e. The summed E-state index contributed by atoms with van der Waals surface area (Å²) in [6.45, 7) is 3.50. The summed E-state index contributed by atoms with van der Waals surface area (Å²) in [6, 6.07) is 12.4. The van der Waals surface area contributed by atoms with Gasteiger partial charge in [0.25, 0.3) is 0 Å². The summed E-state index contributed by atoms with van der Waals surface area (Å²) < 4.78 is 15.2. The maximum atomic E-state index is 13.0. The second-order valence-corrected chi connectivity index (χ2v) is 7.04. The average Bonchev–Trinajstić information content (AvgIpc) is 3.04. The molecule has 1 saturated heterocycles. The topological polar surface area (TPSA) is 37.6 Å². The number of piperidine rings is 1. The quantitative estimate of drug-likeness (QED) is 0.721. The molecule has 1 atom stereocenters. The zero-order chi connectivity index (χ0) is 18.1. The number of imidazole rings is 1. The highest BCUT2D eigenvalue weighted by Gasteiger charge is 2.26. The van der Waals surface area contributed by atoms with Crippen molar-refractivity contribution in [1.29, 1.82) is 0 Å². The van der Waals surface area contributed by atoms with Crippen LogP contribution in [0.3, 0.4) is 0 Å². The number of halogens is 1. The minimum Gasteiger partial charge on any atom is -0.342 e. The Hall–Kier alpha value is -2.69. The van der Waals surface area contributed by atoms with Crippen molar-refractivity contribution < 1.29 is 9.18 Å². The Morgan fingerprint density at radius 3 is 2.85 bits per heavy atom. The third kappa shape index (κ3) is 3.34. The molecule has 0 radical (unpaired) electrons. The zero-order valence-corrected chi connectivity index (χ0v) is 14.9. The molecule has 0 N–H and O–H groups in total. The van der Waals surface area contributed by atoms with Gasteiger partial charge in [-0.3, -0.25) is 4.79 Å². The Balaban J connectivity index is 1.51. The molecule has 1 fully saturated rings. The normalized spacial score (nSPS) is 17.6. The van der Waals surface area contributed by atoms with Gasteiger partial charge in [0, 0.05) is 30.9 Å². The number of pyridine rings is 1. The van der Waals surface area contributed by atoms with Crippen molar-refractivity contribution in [2.45, 2.75) is 32.1 Å². The van der Waals surface area contributed by atoms with E-state index in [1.807, 2.05) is 24.0 Å². The number of carbonyl (C=O) groups excluding carboxylic acids is 1. The fraction of sp³-hybridized carbons (Fsp3) is 0.333. The highest BCUT2D eigenvalue weighted by atomic mass is 19.1. The molecule has 3 aromatic rings. The SMILES string of the molecule is Cc1cn2c([C@H]3CCCN(C(=O)Cc4ccc(F)cc4)C3)cccc2n1. The molecule has 0 bridgehead atoms. The smallest absolute Gasteiger partial charge is 0.227 e. The number of amides is 1. The first-order chi connectivity index (χ1) is 12.6. The van der Waals surface area contributed by atoms with Crippen LogP contribution in [0.5, 0.6) is 0 Å². The fourth-order valence-electron chi connectivity index (χ4n) is 3.82. The first-order valence-corrected chi connectivity index (χ1v) is 9.07. The van der Waals surface area contributed by atoms with Gasteiger partial charge in [-0.2, -0.15) is 0 Å². The summed E-state index contributed by atoms with van der Waals surface area (Å²) >= 11 is 0. The third-order valence-corrected chi connectivity index (χ3v) is 5.11. The van der Waals surface area contributed by atoms with Crippen LogP contribution in [0.15, 0.2) is 48.7 Å². The molecule has 4 nitrogen and oxygen atoms in total. The van der Waals surface area contributed by atoms with Crippen molar-refractivity contribution in [2.75, 3.05) is 13.1 Å². The molecule has 26 heavy (non-hydrogen) atoms. The van der Waals surface area contributed by atoms with E-state index in [1.54, 1.807) is 12.1 Å². The van der Waals surface area contributed by atoms with Gasteiger partial charge in [-0.25, -0.2) is 9.37 Å². The van der Waals surface area contributed by atoms with Crippen molar-refractivity contribution in [3.8, 4) is 0 Å². The van der Waals surface area contributed by atoms with Gasteiger partial charge in [-0.15, -0.1) is 0 Å². The van der Waals surface area contributed by atoms with E-state index in [0.717, 1.165) is 42.8 Å². The van der Waals surface area contributed by atoms with Crippen LogP contribution in [0.25, 0.3) is 5.65 Å². The molecule has 0 aliphatic carbocycles. The highest BCUT2D eigenvalue weighted by molar-refractivity contribution is 5.79. The van der Waals surface area contributed by atoms with Crippen LogP contribution in [-0.2, 0) is 11.2 Å². The minimum atomic E-state index is -0.275. The number of hydrogen-bond donors (Lipinski definition) is 0. The number of benzene rings is 1. The number of aromatic nitrogens is 2. The van der Waals surface area contributed by atoms with E-state index in [1.165, 1.54) is 17.8 Å². The van der Waals surface area contributed by atoms with Crippen LogP contribution in [0.2, 0.25) is 0 Å². The summed E-state index contributed by atoms with van der Waals surface area (Å²) in [7, 11) is 0. The second-order valence-electron chi connectivity index (χ2n) is 7.04. The molecular formula is C21H22FN3O. The molecule has 0 spiro atoms. The number of nitrogens with zero attached hydrogens (tertiary/aromatic N) is 3. The van der Waals surface area contributed by atoms with Crippen molar-refractivity contribution in [1.82, 2.24) is 14.3 Å². The molecule has 0 unspecified atom stereocenters. The van der Waals surface area contributed by atoms with Crippen molar-refractivity contribution in [2.24, 2.45) is 0 Å². The second kappa shape index (κ2) is 6.90. The van der Waals surface area contributed by atoms with Gasteiger partial charge in [-0.1, -0.05) is 18.2 Å². The Labute approximate surface area is 152 Å². The maximum Gasteiger partial charge on any atom is 0.227 e. The van der Waals surface area contributed by atoms with Crippen LogP contribution in [0.1, 0.15) is 35.7 Å². The van der Waals surface area contributed by atoms with Crippen LogP contribution in [0.4, 0.5) is 4.39 Å². The summed E-state index contributed by atoms with van der Waals surface area (Å²) in [5.74, 6) is 0.136. The Morgan fingerprint density at radius 2 is 2.04 bits per heavy atom. The van der Waals surface area contributed by atoms with Crippen LogP contribution >= 0.6 is 0 Å². The lowest BCUT2D eigenvalue weighted by Crippen LogP contribution is -2.40. The van der Waals surface area contributed by atoms with E-state index in [-0.39, 0.29) is 11.7 Å². The van der Waals surface area contributed by atoms with Crippen LogP contribution in [-0.4, -0.2) is 33.3 Å². The van der Waals surface area contributed by atoms with Gasteiger partial charge in [0.15, 0.2) is 0 Å². The van der Waals surface area contributed by atoms with Crippen molar-refractivity contribution in [3.05, 3.63) is 71.4 Å². The lowest BCUT2D eigenvalue weighted by atomic mass is 9.93. The van der Waals surface area contributed by atoms with Gasteiger partial charge < -0.3 is 9.30 Å². The van der Waals surface area contributed by atoms with Gasteiger partial charge in [-0.05, 0) is 49.6 Å². The molecule has 4 rings (SSSR count). The summed E-state index contributed by atoms with van der Waals surface area (Å²) in [6.07, 6.45) is 4.44. The maximum absolute atomic E-state index is 13.0. The fourth-order valence-corrected chi connectivity index (χ4v) is 3.82. The Morgan fingerprint density at radius 1 is 1.23 bits per heavy atom. The van der Waals surface area contributed by atoms with Gasteiger partial charge in [0.1, 0.15) is 11.5 Å². The summed E-state index contributed by atoms with van der Waals surface area (Å²) in [4.78, 5) is 19.2. The van der Waals surface area contributed by atoms with Crippen molar-refractivity contribution in [3.63, 3.8) is 0 Å². The molecule has 0 saturated carbocycles. The number of aryl methyl sites for hydroxylation is 1. The summed E-state index contributed by atoms with van der Waals surface area (Å²) in [5.41, 5.74) is 4.01. The average molecular weight is 351 g/mol. The lowest BCUT2D eigenvalue weighted by Gasteiger charge is -2.33. The van der Waals surface area contributed by atoms with Gasteiger partial charge in [0.05, 0.1) is 12.1 Å². The molecule has 1 amide bonds. The van der Waals surface area contributed by atoms with E-state index in [9.17, 15) is 9.18 Å². The van der Waals surface area contributed by atoms with E-state index >= 15 is 0 Å². The summed E-state index contributed by atoms with van der Waals surface area (Å²) in [5, 5.41) is 0. The monoisotopic (exact) mass is 351 g/mol. The first-order valence-electron chi connectivity index (χ1n) is 9.07. The molecule has 1 aliphatic heterocycles. The lowest BCUT2D eigenvalue weighted by molar-refractivity contribution is -0.131. The van der Waals surface area contributed by atoms with E-state index in [0.29, 0.717) is 12.3 Å². The molecule has 3 heterocycles. The van der Waals surface area contributed by atoms with E-state index in [4.69, 9.17) is 0 Å². The van der Waals surface area contributed by atoms with E-state index in [2.05, 4.69) is 21.6 Å². The van der Waals surface area contributed by atoms with Crippen molar-refractivity contribution >= 4 is 11.6 Å². The molecule has 1 aromatic carbocycles. The molecule has 2 aromatic heterocycles. The molecule has 134 valence electrons. The number of fused-ring (bicyclic) bond motifs is 1. The number of hydrogen-bond acceptors (Lipinski definition) is 2. The van der Waals surface area contributed by atoms with E-state index < -0.39 is 0 Å². The predicted octanol–water partition coefficient (Wildman–Crippen LogP) is 3.73. The zero-order valence-electron chi connectivity index (χ0n) is 14.9. The van der Waals surface area contributed by atoms with Crippen LogP contribution < -0.4 is 0 Å². The Kier molecular flexibility index (Phi) is 4.45. The first kappa shape index (κ1) is 16.8. The highest BCUT2D eigenvalue weighted by Crippen LogP contribution is 2.28. The Bertz CT molecular complexity index is 932. The number of likely N-dealkylation sites (tertiary alicyclic amines) is 1. The van der Waals surface area contributed by atoms with Gasteiger partial charge in [0.2, 0.25) is 5.91 Å². The standard InChI is InChI=1S/C21H22FN3O/c1-15-13-25-19(5-2-6-20(25)23-15)17-4-3-11-24(14-17)21(26)12-16-7-9-18(22)10-8-16/h2,5-10,13,17H,3-4,11-12,14H2,1H3/t17-/m0/s1. The van der Waals surface area contributed by atoms with Crippen LogP contribution in [0, 0.1) is 12.7 Å². The number of carbonyl (C=O) groups is 1. The predicted molar refractivity (Wildman–Crippen MR) is 98.6 cm³/mol. The molecule has 5 heteroatoms. The minimum absolute atomic E-state index is 0.107. The molecule has 1 aliphatic rings. The third-order valence-electron chi connectivity index (χ3n) is 5.11. The number of rotatable bonds is 3. The molecular weight excluding hydrogens is 329 g/mol. The van der Waals surface area contributed by atoms with Gasteiger partial charge >= 0.3 is 0 Å².